The first-order valence-corrected chi connectivity index (χ1v) is 4.33. The van der Waals surface area contributed by atoms with Gasteiger partial charge in [-0.2, -0.15) is 0 Å². The molecule has 0 aliphatic carbocycles. The molecule has 0 spiro atoms. The molecule has 4 heteroatoms. The van der Waals surface area contributed by atoms with Gasteiger partial charge in [-0.25, -0.2) is 0 Å². The van der Waals surface area contributed by atoms with Crippen molar-refractivity contribution in [3.05, 3.63) is 35.9 Å². The van der Waals surface area contributed by atoms with Crippen LogP contribution in [-0.4, -0.2) is 25.6 Å². The van der Waals surface area contributed by atoms with Crippen LogP contribution in [0.4, 0.5) is 0 Å². The summed E-state index contributed by atoms with van der Waals surface area (Å²) in [5, 5.41) is 0. The van der Waals surface area contributed by atoms with Crippen LogP contribution in [0.2, 0.25) is 0 Å². The van der Waals surface area contributed by atoms with Crippen molar-refractivity contribution >= 4 is 19.6 Å². The monoisotopic (exact) mass is 187 g/mol. The maximum absolute atomic E-state index is 10.6. The molecule has 0 aromatic heterocycles. The fourth-order valence-electron chi connectivity index (χ4n) is 1.14. The molecule has 1 rings (SSSR count). The van der Waals surface area contributed by atoms with Gasteiger partial charge in [0.2, 0.25) is 0 Å². The van der Waals surface area contributed by atoms with Gasteiger partial charge in [0.25, 0.3) is 0 Å². The van der Waals surface area contributed by atoms with Gasteiger partial charge in [-0.15, -0.1) is 0 Å². The van der Waals surface area contributed by atoms with Crippen LogP contribution in [-0.2, 0) is 15.9 Å². The predicted octanol–water partition coefficient (Wildman–Crippen LogP) is 0.875. The fraction of sp³-hybridized carbons (Fsp3) is 0.200. The van der Waals surface area contributed by atoms with Crippen molar-refractivity contribution in [2.75, 3.05) is 0 Å². The molecule has 0 N–H and O–H groups in total. The molecule has 0 saturated carbocycles. The van der Waals surface area contributed by atoms with E-state index in [1.807, 2.05) is 30.3 Å². The number of rotatable bonds is 5. The fourth-order valence-corrected chi connectivity index (χ4v) is 1.14. The molecule has 0 aliphatic rings. The molecular weight excluding hydrogens is 177 g/mol. The Morgan fingerprint density at radius 1 is 1.36 bits per heavy atom. The number of benzene rings is 1. The van der Waals surface area contributed by atoms with Crippen LogP contribution in [0.3, 0.4) is 0 Å². The molecule has 1 unspecified atom stereocenters. The van der Waals surface area contributed by atoms with Gasteiger partial charge in [-0.1, -0.05) is 0 Å². The number of aldehydes is 1. The molecule has 0 aliphatic heterocycles. The first-order valence-electron chi connectivity index (χ1n) is 4.33. The van der Waals surface area contributed by atoms with Gasteiger partial charge < -0.3 is 0 Å². The number of carbonyl (C=O) groups excluding carboxylic acids is 1. The Labute approximate surface area is 83.1 Å². The van der Waals surface area contributed by atoms with Crippen LogP contribution in [0, 0.1) is 0 Å². The van der Waals surface area contributed by atoms with Crippen molar-refractivity contribution in [3.8, 4) is 0 Å². The van der Waals surface area contributed by atoms with E-state index < -0.39 is 6.04 Å². The van der Waals surface area contributed by atoms with Crippen LogP contribution in [0.15, 0.2) is 35.3 Å². The molecule has 0 amide bonds. The molecule has 0 heterocycles. The molecular formula is C10H10BNO2. The van der Waals surface area contributed by atoms with E-state index in [0.717, 1.165) is 18.0 Å². The van der Waals surface area contributed by atoms with E-state index in [1.54, 1.807) is 0 Å². The van der Waals surface area contributed by atoms with Gasteiger partial charge in [-0.3, -0.25) is 0 Å². The predicted molar refractivity (Wildman–Crippen MR) is 54.9 cm³/mol. The molecule has 1 atom stereocenters. The Balaban J connectivity index is 2.61. The van der Waals surface area contributed by atoms with Crippen LogP contribution in [0.25, 0.3) is 0 Å². The van der Waals surface area contributed by atoms with Gasteiger partial charge in [-0.05, 0) is 0 Å². The molecule has 0 saturated heterocycles. The van der Waals surface area contributed by atoms with Crippen molar-refractivity contribution in [1.82, 2.24) is 0 Å². The quantitative estimate of drug-likeness (QED) is 0.390. The Morgan fingerprint density at radius 3 is 2.64 bits per heavy atom. The summed E-state index contributed by atoms with van der Waals surface area (Å²) in [5.41, 5.74) is 1.03. The third-order valence-electron chi connectivity index (χ3n) is 1.78. The average Bonchev–Trinajstić information content (AvgIpc) is 2.25. The summed E-state index contributed by atoms with van der Waals surface area (Å²) in [4.78, 5) is 14.4. The zero-order valence-corrected chi connectivity index (χ0v) is 7.67. The summed E-state index contributed by atoms with van der Waals surface area (Å²) >= 11 is 0. The summed E-state index contributed by atoms with van der Waals surface area (Å²) < 4.78 is 10.0. The first-order chi connectivity index (χ1) is 6.86. The maximum atomic E-state index is 10.6. The van der Waals surface area contributed by atoms with Gasteiger partial charge >= 0.3 is 82.4 Å². The van der Waals surface area contributed by atoms with Crippen molar-refractivity contribution in [3.63, 3.8) is 0 Å². The van der Waals surface area contributed by atoms with Crippen LogP contribution < -0.4 is 0 Å². The van der Waals surface area contributed by atoms with E-state index >= 15 is 0 Å². The molecule has 1 aromatic rings. The van der Waals surface area contributed by atoms with Gasteiger partial charge in [0.1, 0.15) is 0 Å². The number of carbonyl (C=O) groups is 1. The third-order valence-corrected chi connectivity index (χ3v) is 1.78. The summed E-state index contributed by atoms with van der Waals surface area (Å²) in [5.74, 6) is 0. The van der Waals surface area contributed by atoms with Gasteiger partial charge in [0.05, 0.1) is 0 Å². The van der Waals surface area contributed by atoms with Crippen molar-refractivity contribution in [1.29, 1.82) is 0 Å². The van der Waals surface area contributed by atoms with Crippen LogP contribution in [0.1, 0.15) is 5.56 Å². The van der Waals surface area contributed by atoms with E-state index in [9.17, 15) is 9.50 Å². The third kappa shape index (κ3) is 3.43. The minimum atomic E-state index is -0.456. The SMILES string of the molecule is O=B/C=N/C(C=O)Cc1ccccc1. The zero-order valence-electron chi connectivity index (χ0n) is 7.67. The van der Waals surface area contributed by atoms with Crippen molar-refractivity contribution < 1.29 is 9.50 Å². The van der Waals surface area contributed by atoms with E-state index in [0.29, 0.717) is 13.6 Å². The number of aliphatic imine (C=N–C) groups is 1. The molecule has 3 nitrogen and oxygen atoms in total. The second-order valence-electron chi connectivity index (χ2n) is 2.83. The number of nitrogens with zero attached hydrogens (tertiary/aromatic N) is 1. The second kappa shape index (κ2) is 5.97. The molecule has 0 radical (unpaired) electrons. The standard InChI is InChI=1S/C10H10BNO2/c13-7-10(12-8-11-14)6-9-4-2-1-3-5-9/h1-5,7-8,10H,6H2/b12-8+. The summed E-state index contributed by atoms with van der Waals surface area (Å²) in [6, 6.07) is 9.11. The van der Waals surface area contributed by atoms with E-state index in [1.165, 1.54) is 0 Å². The van der Waals surface area contributed by atoms with Crippen molar-refractivity contribution in [2.45, 2.75) is 12.5 Å². The van der Waals surface area contributed by atoms with Crippen molar-refractivity contribution in [2.24, 2.45) is 4.99 Å². The second-order valence-corrected chi connectivity index (χ2v) is 2.83. The summed E-state index contributed by atoms with van der Waals surface area (Å²) in [7, 11) is 0.571. The Bertz CT molecular complexity index is 324. The summed E-state index contributed by atoms with van der Waals surface area (Å²) in [6.45, 7) is 0. The molecule has 14 heavy (non-hydrogen) atoms. The minimum absolute atomic E-state index is 0.456. The molecule has 70 valence electrons. The molecule has 0 fully saturated rings. The average molecular weight is 187 g/mol. The topological polar surface area (TPSA) is 46.5 Å². The summed E-state index contributed by atoms with van der Waals surface area (Å²) in [6.07, 6.45) is 2.39. The van der Waals surface area contributed by atoms with Gasteiger partial charge in [0.15, 0.2) is 0 Å². The Morgan fingerprint density at radius 2 is 2.07 bits per heavy atom. The van der Waals surface area contributed by atoms with E-state index in [4.69, 9.17) is 0 Å². The normalized spacial score (nSPS) is 12.3. The number of hydrogen-bond acceptors (Lipinski definition) is 3. The Hall–Kier alpha value is -1.58. The van der Waals surface area contributed by atoms with E-state index in [-0.39, 0.29) is 0 Å². The zero-order chi connectivity index (χ0) is 10.2. The van der Waals surface area contributed by atoms with Crippen LogP contribution in [0.5, 0.6) is 0 Å². The van der Waals surface area contributed by atoms with Crippen LogP contribution >= 0.6 is 0 Å². The van der Waals surface area contributed by atoms with Gasteiger partial charge in [0, 0.05) is 0 Å². The number of hydrogen-bond donors (Lipinski definition) is 0. The molecule has 0 bridgehead atoms. The molecule has 1 aromatic carbocycles. The first kappa shape index (κ1) is 10.5. The van der Waals surface area contributed by atoms with E-state index in [2.05, 4.69) is 4.99 Å². The Kier molecular flexibility index (Phi) is 4.48.